The fourth-order valence-electron chi connectivity index (χ4n) is 3.87. The van der Waals surface area contributed by atoms with Crippen LogP contribution in [0.4, 0.5) is 11.4 Å². The number of nitrogens with one attached hydrogen (secondary N) is 2. The first-order valence-corrected chi connectivity index (χ1v) is 12.5. The number of hydrogen-bond acceptors (Lipinski definition) is 5. The van der Waals surface area contributed by atoms with Crippen molar-refractivity contribution in [3.05, 3.63) is 65.4 Å². The Balaban J connectivity index is 1.68. The van der Waals surface area contributed by atoms with Crippen molar-refractivity contribution in [2.24, 2.45) is 0 Å². The van der Waals surface area contributed by atoms with Gasteiger partial charge in [0.2, 0.25) is 0 Å². The second kappa shape index (κ2) is 11.1. The van der Waals surface area contributed by atoms with E-state index in [0.717, 1.165) is 29.7 Å². The molecule has 0 bridgehead atoms. The number of amides is 3. The molecule has 1 heterocycles. The number of carbonyl (C=O) groups excluding carboxylic acids is 3. The van der Waals surface area contributed by atoms with Gasteiger partial charge in [-0.3, -0.25) is 19.8 Å². The molecule has 1 fully saturated rings. The maximum atomic E-state index is 12.7. The summed E-state index contributed by atoms with van der Waals surface area (Å²) in [6, 6.07) is 12.8. The number of rotatable bonds is 10. The Bertz CT molecular complexity index is 1200. The Labute approximate surface area is 219 Å². The molecular formula is C29H37N3O5. The number of benzene rings is 2. The highest BCUT2D eigenvalue weighted by Crippen LogP contribution is 2.38. The van der Waals surface area contributed by atoms with E-state index in [1.807, 2.05) is 6.07 Å². The first kappa shape index (κ1) is 27.8. The molecular weight excluding hydrogens is 470 g/mol. The summed E-state index contributed by atoms with van der Waals surface area (Å²) in [7, 11) is 1.37. The van der Waals surface area contributed by atoms with Crippen LogP contribution in [0.5, 0.6) is 5.75 Å². The molecule has 0 saturated carbocycles. The molecule has 0 atom stereocenters. The zero-order valence-electron chi connectivity index (χ0n) is 22.7. The highest BCUT2D eigenvalue weighted by molar-refractivity contribution is 6.29. The summed E-state index contributed by atoms with van der Waals surface area (Å²) in [4.78, 5) is 37.0. The number of anilines is 2. The average molecular weight is 508 g/mol. The van der Waals surface area contributed by atoms with Gasteiger partial charge in [0.1, 0.15) is 17.6 Å². The van der Waals surface area contributed by atoms with Crippen LogP contribution >= 0.6 is 0 Å². The molecule has 8 nitrogen and oxygen atoms in total. The Hall–Kier alpha value is -3.81. The topological polar surface area (TPSA) is 97.0 Å². The van der Waals surface area contributed by atoms with Gasteiger partial charge in [-0.2, -0.15) is 0 Å². The van der Waals surface area contributed by atoms with Gasteiger partial charge in [0.15, 0.2) is 6.61 Å². The fraction of sp³-hybridized carbons (Fsp3) is 0.414. The first-order chi connectivity index (χ1) is 17.4. The Morgan fingerprint density at radius 1 is 1.00 bits per heavy atom. The third-order valence-electron chi connectivity index (χ3n) is 7.15. The molecule has 3 amide bonds. The van der Waals surface area contributed by atoms with Crippen LogP contribution in [0.15, 0.2) is 54.3 Å². The maximum absolute atomic E-state index is 12.7. The number of methoxy groups -OCH3 is 1. The van der Waals surface area contributed by atoms with Gasteiger partial charge in [-0.15, -0.1) is 0 Å². The Morgan fingerprint density at radius 3 is 2.24 bits per heavy atom. The van der Waals surface area contributed by atoms with Crippen molar-refractivity contribution in [2.45, 2.75) is 65.2 Å². The predicted molar refractivity (Wildman–Crippen MR) is 144 cm³/mol. The van der Waals surface area contributed by atoms with E-state index in [-0.39, 0.29) is 28.9 Å². The third kappa shape index (κ3) is 6.13. The molecule has 1 aliphatic heterocycles. The normalized spacial score (nSPS) is 15.1. The molecule has 1 saturated heterocycles. The SMILES string of the molecule is CCC(C)(C)c1ccc(OCC(=O)Nc2ccc(N3NC(=O)/C(=C/OC)C3=O)cc2)c(C(C)(C)CC)c1. The van der Waals surface area contributed by atoms with Crippen LogP contribution in [0, 0.1) is 0 Å². The quantitative estimate of drug-likeness (QED) is 0.268. The zero-order chi connectivity index (χ0) is 27.4. The molecule has 1 aliphatic rings. The summed E-state index contributed by atoms with van der Waals surface area (Å²) in [5.41, 5.74) is 5.66. The van der Waals surface area contributed by atoms with E-state index in [1.165, 1.54) is 12.7 Å². The highest BCUT2D eigenvalue weighted by Gasteiger charge is 2.35. The number of carbonyl (C=O) groups is 3. The molecule has 3 rings (SSSR count). The fourth-order valence-corrected chi connectivity index (χ4v) is 3.87. The van der Waals surface area contributed by atoms with Crippen molar-refractivity contribution in [1.29, 1.82) is 0 Å². The minimum atomic E-state index is -0.543. The molecule has 198 valence electrons. The van der Waals surface area contributed by atoms with Crippen molar-refractivity contribution < 1.29 is 23.9 Å². The van der Waals surface area contributed by atoms with E-state index < -0.39 is 11.8 Å². The molecule has 0 unspecified atom stereocenters. The number of hydrazine groups is 1. The number of ether oxygens (including phenoxy) is 2. The number of nitrogens with zero attached hydrogens (tertiary/aromatic N) is 1. The lowest BCUT2D eigenvalue weighted by atomic mass is 9.76. The third-order valence-corrected chi connectivity index (χ3v) is 7.15. The van der Waals surface area contributed by atoms with Crippen LogP contribution in [-0.4, -0.2) is 31.4 Å². The maximum Gasteiger partial charge on any atom is 0.285 e. The van der Waals surface area contributed by atoms with Crippen molar-refractivity contribution in [2.75, 3.05) is 24.0 Å². The summed E-state index contributed by atoms with van der Waals surface area (Å²) in [5.74, 6) is -0.660. The molecule has 2 aromatic rings. The van der Waals surface area contributed by atoms with E-state index in [0.29, 0.717) is 17.1 Å². The summed E-state index contributed by atoms with van der Waals surface area (Å²) < 4.78 is 10.8. The van der Waals surface area contributed by atoms with Crippen LogP contribution in [0.1, 0.15) is 65.5 Å². The molecule has 2 aromatic carbocycles. The van der Waals surface area contributed by atoms with E-state index in [2.05, 4.69) is 64.4 Å². The van der Waals surface area contributed by atoms with Crippen molar-refractivity contribution in [1.82, 2.24) is 5.43 Å². The number of hydrogen-bond donors (Lipinski definition) is 2. The highest BCUT2D eigenvalue weighted by atomic mass is 16.5. The van der Waals surface area contributed by atoms with Gasteiger partial charge in [-0.1, -0.05) is 53.7 Å². The van der Waals surface area contributed by atoms with E-state index in [1.54, 1.807) is 24.3 Å². The van der Waals surface area contributed by atoms with Crippen molar-refractivity contribution >= 4 is 29.1 Å². The minimum Gasteiger partial charge on any atom is -0.503 e. The van der Waals surface area contributed by atoms with E-state index >= 15 is 0 Å². The van der Waals surface area contributed by atoms with Gasteiger partial charge in [0.25, 0.3) is 17.7 Å². The predicted octanol–water partition coefficient (Wildman–Crippen LogP) is 4.99. The van der Waals surface area contributed by atoms with E-state index in [9.17, 15) is 14.4 Å². The van der Waals surface area contributed by atoms with Gasteiger partial charge >= 0.3 is 0 Å². The Morgan fingerprint density at radius 2 is 1.65 bits per heavy atom. The van der Waals surface area contributed by atoms with Gasteiger partial charge in [0, 0.05) is 11.3 Å². The summed E-state index contributed by atoms with van der Waals surface area (Å²) in [6.45, 7) is 13.0. The molecule has 8 heteroatoms. The molecule has 0 spiro atoms. The largest absolute Gasteiger partial charge is 0.503 e. The second-order valence-corrected chi connectivity index (χ2v) is 10.4. The summed E-state index contributed by atoms with van der Waals surface area (Å²) >= 11 is 0. The molecule has 0 aliphatic carbocycles. The first-order valence-electron chi connectivity index (χ1n) is 12.5. The van der Waals surface area contributed by atoms with Gasteiger partial charge in [-0.25, -0.2) is 5.01 Å². The lowest BCUT2D eigenvalue weighted by Gasteiger charge is -2.30. The summed E-state index contributed by atoms with van der Waals surface area (Å²) in [6.07, 6.45) is 3.06. The van der Waals surface area contributed by atoms with Gasteiger partial charge < -0.3 is 14.8 Å². The zero-order valence-corrected chi connectivity index (χ0v) is 22.7. The summed E-state index contributed by atoms with van der Waals surface area (Å²) in [5, 5.41) is 3.94. The van der Waals surface area contributed by atoms with Crippen LogP contribution in [-0.2, 0) is 30.0 Å². The van der Waals surface area contributed by atoms with Crippen LogP contribution in [0.25, 0.3) is 0 Å². The molecule has 0 radical (unpaired) electrons. The lowest BCUT2D eigenvalue weighted by molar-refractivity contribution is -0.118. The molecule has 0 aromatic heterocycles. The van der Waals surface area contributed by atoms with Crippen LogP contribution in [0.3, 0.4) is 0 Å². The van der Waals surface area contributed by atoms with E-state index in [4.69, 9.17) is 9.47 Å². The monoisotopic (exact) mass is 507 g/mol. The van der Waals surface area contributed by atoms with Crippen molar-refractivity contribution in [3.63, 3.8) is 0 Å². The molecule has 2 N–H and O–H groups in total. The molecule has 37 heavy (non-hydrogen) atoms. The average Bonchev–Trinajstić information content (AvgIpc) is 3.16. The van der Waals surface area contributed by atoms with Gasteiger partial charge in [0.05, 0.1) is 12.8 Å². The van der Waals surface area contributed by atoms with Gasteiger partial charge in [-0.05, 0) is 59.6 Å². The lowest BCUT2D eigenvalue weighted by Crippen LogP contribution is -2.35. The standard InChI is InChI=1S/C29H37N3O5/c1-8-28(3,4)19-10-15-24(23(16-19)29(5,6)9-2)37-18-25(33)30-20-11-13-21(14-12-20)32-27(35)22(17-36-7)26(34)31-32/h10-17H,8-9,18H2,1-7H3,(H,30,33)(H,31,34)/b22-17-. The second-order valence-electron chi connectivity index (χ2n) is 10.4. The Kier molecular flexibility index (Phi) is 8.31. The van der Waals surface area contributed by atoms with Crippen molar-refractivity contribution in [3.8, 4) is 5.75 Å². The van der Waals surface area contributed by atoms with Crippen LogP contribution < -0.4 is 20.5 Å². The minimum absolute atomic E-state index is 0.0464. The smallest absolute Gasteiger partial charge is 0.285 e. The van der Waals surface area contributed by atoms with Crippen LogP contribution in [0.2, 0.25) is 0 Å².